The first-order valence-electron chi connectivity index (χ1n) is 6.63. The van der Waals surface area contributed by atoms with Crippen molar-refractivity contribution < 1.29 is 18.3 Å². The van der Waals surface area contributed by atoms with Gasteiger partial charge in [-0.25, -0.2) is 8.42 Å². The molecule has 0 aliphatic rings. The quantitative estimate of drug-likeness (QED) is 0.931. The molecule has 0 amide bonds. The number of sulfonamides is 1. The van der Waals surface area contributed by atoms with E-state index in [9.17, 15) is 18.3 Å². The number of hydrogen-bond acceptors (Lipinski definition) is 4. The smallest absolute Gasteiger partial charge is 0.262 e. The van der Waals surface area contributed by atoms with Gasteiger partial charge < -0.3 is 9.90 Å². The van der Waals surface area contributed by atoms with Gasteiger partial charge in [0.25, 0.3) is 10.0 Å². The molecule has 0 radical (unpaired) electrons. The standard InChI is InChI=1S/C16H17NO4S/c1-10-4-5-11(2)14(8-10)17-22(20,21)15-9-13(16(18)19)7-6-12(15)3/h4-9,17H,1-3H3,(H,18,19)/p-1. The molecule has 0 aromatic heterocycles. The van der Waals surface area contributed by atoms with Gasteiger partial charge >= 0.3 is 0 Å². The molecule has 0 atom stereocenters. The summed E-state index contributed by atoms with van der Waals surface area (Å²) < 4.78 is 27.6. The fourth-order valence-electron chi connectivity index (χ4n) is 2.06. The van der Waals surface area contributed by atoms with Gasteiger partial charge in [0.15, 0.2) is 0 Å². The highest BCUT2D eigenvalue weighted by Gasteiger charge is 2.18. The van der Waals surface area contributed by atoms with Crippen molar-refractivity contribution in [2.75, 3.05) is 4.72 Å². The van der Waals surface area contributed by atoms with Crippen molar-refractivity contribution in [3.8, 4) is 0 Å². The van der Waals surface area contributed by atoms with Crippen LogP contribution in [0.1, 0.15) is 27.0 Å². The van der Waals surface area contributed by atoms with Crippen molar-refractivity contribution >= 4 is 21.7 Å². The highest BCUT2D eigenvalue weighted by molar-refractivity contribution is 7.92. The molecule has 2 aromatic rings. The van der Waals surface area contributed by atoms with E-state index in [1.165, 1.54) is 12.1 Å². The molecule has 22 heavy (non-hydrogen) atoms. The summed E-state index contributed by atoms with van der Waals surface area (Å²) >= 11 is 0. The van der Waals surface area contributed by atoms with Crippen LogP contribution in [-0.4, -0.2) is 14.4 Å². The number of nitrogens with one attached hydrogen (secondary N) is 1. The van der Waals surface area contributed by atoms with E-state index in [0.29, 0.717) is 11.3 Å². The van der Waals surface area contributed by atoms with Crippen LogP contribution in [0.4, 0.5) is 5.69 Å². The van der Waals surface area contributed by atoms with Gasteiger partial charge in [-0.05, 0) is 55.2 Å². The van der Waals surface area contributed by atoms with Crippen LogP contribution in [-0.2, 0) is 10.0 Å². The molecule has 0 unspecified atom stereocenters. The van der Waals surface area contributed by atoms with E-state index in [4.69, 9.17) is 0 Å². The van der Waals surface area contributed by atoms with Crippen LogP contribution >= 0.6 is 0 Å². The fourth-order valence-corrected chi connectivity index (χ4v) is 3.46. The van der Waals surface area contributed by atoms with E-state index in [1.54, 1.807) is 19.9 Å². The van der Waals surface area contributed by atoms with E-state index < -0.39 is 16.0 Å². The molecule has 5 nitrogen and oxygen atoms in total. The van der Waals surface area contributed by atoms with Crippen LogP contribution in [0.25, 0.3) is 0 Å². The summed E-state index contributed by atoms with van der Waals surface area (Å²) in [6.07, 6.45) is 0. The number of anilines is 1. The third-order valence-electron chi connectivity index (χ3n) is 3.35. The van der Waals surface area contributed by atoms with Gasteiger partial charge in [0.1, 0.15) is 0 Å². The number of carbonyl (C=O) groups excluding carboxylic acids is 1. The van der Waals surface area contributed by atoms with Gasteiger partial charge in [-0.3, -0.25) is 4.72 Å². The van der Waals surface area contributed by atoms with Crippen molar-refractivity contribution in [1.82, 2.24) is 0 Å². The maximum Gasteiger partial charge on any atom is 0.262 e. The van der Waals surface area contributed by atoms with Gasteiger partial charge in [0.05, 0.1) is 16.6 Å². The maximum atomic E-state index is 12.5. The Morgan fingerprint density at radius 1 is 1.00 bits per heavy atom. The molecule has 116 valence electrons. The minimum Gasteiger partial charge on any atom is -0.545 e. The third kappa shape index (κ3) is 3.28. The van der Waals surface area contributed by atoms with Crippen molar-refractivity contribution in [3.05, 3.63) is 58.7 Å². The number of hydrogen-bond donors (Lipinski definition) is 1. The Labute approximate surface area is 129 Å². The molecule has 0 aliphatic heterocycles. The first-order valence-corrected chi connectivity index (χ1v) is 8.11. The Hall–Kier alpha value is -2.34. The second-order valence-corrected chi connectivity index (χ2v) is 6.84. The Bertz CT molecular complexity index is 841. The first-order chi connectivity index (χ1) is 10.2. The van der Waals surface area contributed by atoms with Crippen LogP contribution in [0.2, 0.25) is 0 Å². The van der Waals surface area contributed by atoms with Crippen molar-refractivity contribution in [2.24, 2.45) is 0 Å². The zero-order valence-corrected chi connectivity index (χ0v) is 13.3. The molecule has 0 saturated carbocycles. The van der Waals surface area contributed by atoms with Gasteiger partial charge in [-0.15, -0.1) is 0 Å². The van der Waals surface area contributed by atoms with Crippen molar-refractivity contribution in [2.45, 2.75) is 25.7 Å². The molecule has 0 heterocycles. The van der Waals surface area contributed by atoms with E-state index in [0.717, 1.165) is 17.2 Å². The largest absolute Gasteiger partial charge is 0.545 e. The number of aryl methyl sites for hydroxylation is 3. The molecule has 0 fully saturated rings. The number of benzene rings is 2. The van der Waals surface area contributed by atoms with Gasteiger partial charge in [0, 0.05) is 0 Å². The molecular weight excluding hydrogens is 302 g/mol. The summed E-state index contributed by atoms with van der Waals surface area (Å²) in [5.74, 6) is -1.41. The summed E-state index contributed by atoms with van der Waals surface area (Å²) in [5.41, 5.74) is 2.46. The summed E-state index contributed by atoms with van der Waals surface area (Å²) in [5, 5.41) is 10.9. The molecule has 0 bridgehead atoms. The second kappa shape index (κ2) is 5.81. The predicted octanol–water partition coefficient (Wildman–Crippen LogP) is 1.78. The Balaban J connectivity index is 2.49. The molecule has 6 heteroatoms. The first kappa shape index (κ1) is 16.0. The average Bonchev–Trinajstić information content (AvgIpc) is 2.42. The SMILES string of the molecule is Cc1ccc(C)c(NS(=O)(=O)c2cc(C(=O)[O-])ccc2C)c1. The Kier molecular flexibility index (Phi) is 4.23. The Morgan fingerprint density at radius 2 is 1.64 bits per heavy atom. The highest BCUT2D eigenvalue weighted by atomic mass is 32.2. The minimum absolute atomic E-state index is 0.0740. The summed E-state index contributed by atoms with van der Waals surface area (Å²) in [6, 6.07) is 9.31. The lowest BCUT2D eigenvalue weighted by molar-refractivity contribution is -0.255. The van der Waals surface area contributed by atoms with Crippen LogP contribution in [0.3, 0.4) is 0 Å². The zero-order valence-electron chi connectivity index (χ0n) is 12.5. The van der Waals surface area contributed by atoms with E-state index in [2.05, 4.69) is 4.72 Å². The lowest BCUT2D eigenvalue weighted by Crippen LogP contribution is -2.23. The molecule has 0 aliphatic carbocycles. The molecular formula is C16H16NO4S-. The van der Waals surface area contributed by atoms with Gasteiger partial charge in [-0.1, -0.05) is 24.3 Å². The van der Waals surface area contributed by atoms with Crippen LogP contribution in [0, 0.1) is 20.8 Å². The number of rotatable bonds is 4. The maximum absolute atomic E-state index is 12.5. The van der Waals surface area contributed by atoms with Crippen LogP contribution < -0.4 is 9.83 Å². The molecule has 2 rings (SSSR count). The van der Waals surface area contributed by atoms with Crippen LogP contribution in [0.5, 0.6) is 0 Å². The minimum atomic E-state index is -3.88. The second-order valence-electron chi connectivity index (χ2n) is 5.19. The monoisotopic (exact) mass is 318 g/mol. The zero-order chi connectivity index (χ0) is 16.5. The van der Waals surface area contributed by atoms with E-state index >= 15 is 0 Å². The molecule has 0 saturated heterocycles. The van der Waals surface area contributed by atoms with Crippen LogP contribution in [0.15, 0.2) is 41.3 Å². The number of carbonyl (C=O) groups is 1. The van der Waals surface area contributed by atoms with Crippen molar-refractivity contribution in [1.29, 1.82) is 0 Å². The number of carboxylic acids is 1. The summed E-state index contributed by atoms with van der Waals surface area (Å²) in [6.45, 7) is 5.26. The predicted molar refractivity (Wildman–Crippen MR) is 82.2 cm³/mol. The number of aromatic carboxylic acids is 1. The van der Waals surface area contributed by atoms with Gasteiger partial charge in [-0.2, -0.15) is 0 Å². The fraction of sp³-hybridized carbons (Fsp3) is 0.188. The molecule has 2 aromatic carbocycles. The van der Waals surface area contributed by atoms with E-state index in [-0.39, 0.29) is 10.5 Å². The lowest BCUT2D eigenvalue weighted by Gasteiger charge is -2.14. The number of carboxylic acid groups (broad SMARTS) is 1. The topological polar surface area (TPSA) is 86.3 Å². The van der Waals surface area contributed by atoms with E-state index in [1.807, 2.05) is 19.1 Å². The highest BCUT2D eigenvalue weighted by Crippen LogP contribution is 2.23. The summed E-state index contributed by atoms with van der Waals surface area (Å²) in [4.78, 5) is 10.8. The molecule has 0 spiro atoms. The normalized spacial score (nSPS) is 11.2. The van der Waals surface area contributed by atoms with Gasteiger partial charge in [0.2, 0.25) is 0 Å². The summed E-state index contributed by atoms with van der Waals surface area (Å²) in [7, 11) is -3.88. The lowest BCUT2D eigenvalue weighted by atomic mass is 10.1. The Morgan fingerprint density at radius 3 is 2.27 bits per heavy atom. The average molecular weight is 318 g/mol. The third-order valence-corrected chi connectivity index (χ3v) is 4.86. The molecule has 1 N–H and O–H groups in total. The van der Waals surface area contributed by atoms with Crippen molar-refractivity contribution in [3.63, 3.8) is 0 Å².